The van der Waals surface area contributed by atoms with Gasteiger partial charge >= 0.3 is 0 Å². The Balaban J connectivity index is 1.27. The van der Waals surface area contributed by atoms with Crippen LogP contribution in [0.25, 0.3) is 11.0 Å². The summed E-state index contributed by atoms with van der Waals surface area (Å²) in [4.78, 5) is 24.7. The molecule has 1 saturated carbocycles. The zero-order chi connectivity index (χ0) is 24.9. The Labute approximate surface area is 210 Å². The minimum atomic E-state index is -3.52. The molecule has 1 spiro atoms. The van der Waals surface area contributed by atoms with Crippen molar-refractivity contribution in [2.75, 3.05) is 38.5 Å². The third-order valence-electron chi connectivity index (χ3n) is 7.79. The van der Waals surface area contributed by atoms with Crippen LogP contribution < -0.4 is 10.6 Å². The number of aromatic nitrogens is 3. The Kier molecular flexibility index (Phi) is 5.73. The molecule has 6 rings (SSSR count). The molecule has 1 saturated heterocycles. The molecule has 0 atom stereocenters. The number of hydrogen-bond acceptors (Lipinski definition) is 7. The monoisotopic (exact) mass is 509 g/mol. The molecule has 4 heterocycles. The highest BCUT2D eigenvalue weighted by Crippen LogP contribution is 2.41. The van der Waals surface area contributed by atoms with E-state index >= 15 is 0 Å². The number of likely N-dealkylation sites (N-methyl/N-ethyl adjacent to an activating group) is 1. The van der Waals surface area contributed by atoms with Gasteiger partial charge < -0.3 is 20.1 Å². The lowest BCUT2D eigenvalue weighted by molar-refractivity contribution is -0.133. The first-order valence-electron chi connectivity index (χ1n) is 12.6. The summed E-state index contributed by atoms with van der Waals surface area (Å²) in [6.45, 7) is 2.93. The highest BCUT2D eigenvalue weighted by molar-refractivity contribution is 7.89. The Hall–Kier alpha value is -3.02. The molecule has 2 N–H and O–H groups in total. The van der Waals surface area contributed by atoms with E-state index in [-0.39, 0.29) is 10.8 Å². The van der Waals surface area contributed by atoms with Crippen LogP contribution in [0.15, 0.2) is 41.4 Å². The number of nitrogens with zero attached hydrogens (tertiary/aromatic N) is 5. The number of benzene rings is 1. The van der Waals surface area contributed by atoms with Crippen molar-refractivity contribution in [3.8, 4) is 0 Å². The van der Waals surface area contributed by atoms with Gasteiger partial charge in [0.25, 0.3) is 0 Å². The van der Waals surface area contributed by atoms with Gasteiger partial charge in [0, 0.05) is 49.1 Å². The number of nitrogens with one attached hydrogen (secondary N) is 2. The minimum Gasteiger partial charge on any atom is -0.348 e. The number of hydrogen-bond donors (Lipinski definition) is 2. The van der Waals surface area contributed by atoms with Crippen LogP contribution in [0, 0.1) is 0 Å². The summed E-state index contributed by atoms with van der Waals surface area (Å²) < 4.78 is 29.7. The van der Waals surface area contributed by atoms with Crippen molar-refractivity contribution >= 4 is 38.6 Å². The van der Waals surface area contributed by atoms with E-state index in [9.17, 15) is 13.2 Å². The molecule has 3 aromatic rings. The molecule has 1 aliphatic carbocycles. The van der Waals surface area contributed by atoms with E-state index in [2.05, 4.69) is 31.2 Å². The van der Waals surface area contributed by atoms with Crippen LogP contribution in [0.5, 0.6) is 0 Å². The molecule has 2 fully saturated rings. The summed E-state index contributed by atoms with van der Waals surface area (Å²) in [5.41, 5.74) is 1.92. The van der Waals surface area contributed by atoms with Crippen molar-refractivity contribution in [1.82, 2.24) is 29.1 Å². The van der Waals surface area contributed by atoms with Crippen molar-refractivity contribution in [1.29, 1.82) is 0 Å². The van der Waals surface area contributed by atoms with Gasteiger partial charge in [0.05, 0.1) is 11.4 Å². The maximum absolute atomic E-state index is 13.0. The van der Waals surface area contributed by atoms with Gasteiger partial charge in [-0.2, -0.15) is 9.29 Å². The van der Waals surface area contributed by atoms with Crippen LogP contribution in [0.4, 0.5) is 11.6 Å². The van der Waals surface area contributed by atoms with Gasteiger partial charge in [0.2, 0.25) is 21.9 Å². The van der Waals surface area contributed by atoms with E-state index in [0.29, 0.717) is 31.3 Å². The number of carbonyl (C=O) groups excluding carboxylic acids is 1. The number of fused-ring (bicyclic) bond motifs is 4. The number of carbonyl (C=O) groups is 1. The topological polar surface area (TPSA) is 112 Å². The average molecular weight is 510 g/mol. The summed E-state index contributed by atoms with van der Waals surface area (Å²) in [7, 11) is -1.52. The van der Waals surface area contributed by atoms with Crippen molar-refractivity contribution < 1.29 is 13.2 Å². The van der Waals surface area contributed by atoms with Crippen molar-refractivity contribution in [2.24, 2.45) is 0 Å². The smallest absolute Gasteiger partial charge is 0.246 e. The molecule has 3 aliphatic rings. The van der Waals surface area contributed by atoms with Crippen molar-refractivity contribution in [3.05, 3.63) is 42.2 Å². The predicted molar refractivity (Wildman–Crippen MR) is 136 cm³/mol. The fourth-order valence-corrected chi connectivity index (χ4v) is 7.17. The lowest BCUT2D eigenvalue weighted by atomic mass is 9.79. The first-order valence-corrected chi connectivity index (χ1v) is 14.0. The van der Waals surface area contributed by atoms with Crippen LogP contribution in [-0.4, -0.2) is 71.3 Å². The first kappa shape index (κ1) is 23.4. The minimum absolute atomic E-state index is 0.0810. The number of anilines is 2. The molecule has 190 valence electrons. The van der Waals surface area contributed by atoms with Crippen molar-refractivity contribution in [2.45, 2.75) is 49.1 Å². The van der Waals surface area contributed by atoms with Crippen molar-refractivity contribution in [3.63, 3.8) is 0 Å². The highest BCUT2D eigenvalue weighted by Gasteiger charge is 2.45. The molecule has 10 nitrogen and oxygen atoms in total. The fraction of sp³-hybridized carbons (Fsp3) is 0.480. The maximum atomic E-state index is 13.0. The average Bonchev–Trinajstić information content (AvgIpc) is 3.27. The Morgan fingerprint density at radius 3 is 2.47 bits per heavy atom. The SMILES string of the molecule is CN1CCN(S(=O)(=O)c2ccc(Nc3ncc4cc5n(c4n3)C3(CCCCC3)C(=O)NC5)cc2)CC1. The Bertz CT molecular complexity index is 1400. The largest absolute Gasteiger partial charge is 0.348 e. The molecular weight excluding hydrogens is 478 g/mol. The van der Waals surface area contributed by atoms with Gasteiger partial charge in [-0.05, 0) is 50.2 Å². The van der Waals surface area contributed by atoms with Gasteiger partial charge in [0.15, 0.2) is 0 Å². The Morgan fingerprint density at radius 1 is 1.03 bits per heavy atom. The van der Waals surface area contributed by atoms with Crippen LogP contribution in [0.2, 0.25) is 0 Å². The van der Waals surface area contributed by atoms with Gasteiger partial charge in [-0.25, -0.2) is 13.4 Å². The normalized spacial score (nSPS) is 20.9. The summed E-state index contributed by atoms with van der Waals surface area (Å²) in [6, 6.07) is 8.78. The standard InChI is InChI=1S/C25H31N7O3S/c1-30-11-13-31(14-12-30)36(34,35)21-7-5-19(6-8-21)28-24-27-16-18-15-20-17-26-23(33)25(9-3-2-4-10-25)32(20)22(18)29-24/h5-8,15-16H,2-4,9-14,17H2,1H3,(H,26,33)(H,27,28,29). The molecule has 36 heavy (non-hydrogen) atoms. The molecule has 1 aromatic carbocycles. The number of rotatable bonds is 4. The molecule has 2 aliphatic heterocycles. The van der Waals surface area contributed by atoms with Crippen LogP contribution >= 0.6 is 0 Å². The zero-order valence-corrected chi connectivity index (χ0v) is 21.2. The summed E-state index contributed by atoms with van der Waals surface area (Å²) in [5.74, 6) is 0.493. The molecular formula is C25H31N7O3S. The fourth-order valence-electron chi connectivity index (χ4n) is 5.75. The van der Waals surface area contributed by atoms with Crippen LogP contribution in [-0.2, 0) is 26.9 Å². The molecule has 11 heteroatoms. The van der Waals surface area contributed by atoms with Gasteiger partial charge in [-0.3, -0.25) is 4.79 Å². The van der Waals surface area contributed by atoms with E-state index in [1.807, 2.05) is 7.05 Å². The molecule has 0 radical (unpaired) electrons. The third-order valence-corrected chi connectivity index (χ3v) is 9.70. The Morgan fingerprint density at radius 2 is 1.75 bits per heavy atom. The second-order valence-corrected chi connectivity index (χ2v) is 12.0. The summed E-state index contributed by atoms with van der Waals surface area (Å²) in [5, 5.41) is 7.19. The van der Waals surface area contributed by atoms with Crippen LogP contribution in [0.3, 0.4) is 0 Å². The van der Waals surface area contributed by atoms with E-state index in [1.54, 1.807) is 34.8 Å². The molecule has 0 bridgehead atoms. The van der Waals surface area contributed by atoms with Gasteiger partial charge in [-0.15, -0.1) is 0 Å². The quantitative estimate of drug-likeness (QED) is 0.555. The predicted octanol–water partition coefficient (Wildman–Crippen LogP) is 2.40. The van der Waals surface area contributed by atoms with E-state index in [4.69, 9.17) is 4.98 Å². The second-order valence-electron chi connectivity index (χ2n) is 10.1. The molecule has 1 amide bonds. The second kappa shape index (κ2) is 8.82. The number of amides is 1. The molecule has 2 aromatic heterocycles. The number of sulfonamides is 1. The van der Waals surface area contributed by atoms with E-state index in [1.165, 1.54) is 0 Å². The first-order chi connectivity index (χ1) is 17.4. The third kappa shape index (κ3) is 3.86. The van der Waals surface area contributed by atoms with E-state index in [0.717, 1.165) is 61.9 Å². The lowest BCUT2D eigenvalue weighted by Gasteiger charge is -2.41. The molecule has 0 unspecified atom stereocenters. The maximum Gasteiger partial charge on any atom is 0.246 e. The summed E-state index contributed by atoms with van der Waals surface area (Å²) >= 11 is 0. The van der Waals surface area contributed by atoms with E-state index < -0.39 is 15.6 Å². The zero-order valence-electron chi connectivity index (χ0n) is 20.4. The van der Waals surface area contributed by atoms with Gasteiger partial charge in [-0.1, -0.05) is 19.3 Å². The lowest BCUT2D eigenvalue weighted by Crippen LogP contribution is -2.54. The highest BCUT2D eigenvalue weighted by atomic mass is 32.2. The van der Waals surface area contributed by atoms with Crippen LogP contribution in [0.1, 0.15) is 37.8 Å². The number of piperazine rings is 1. The summed E-state index contributed by atoms with van der Waals surface area (Å²) in [6.07, 6.45) is 6.59. The van der Waals surface area contributed by atoms with Gasteiger partial charge in [0.1, 0.15) is 11.2 Å².